The monoisotopic (exact) mass is 425 g/mol. The maximum atomic E-state index is 12.1. The van der Waals surface area contributed by atoms with Crippen LogP contribution in [0.3, 0.4) is 0 Å². The predicted molar refractivity (Wildman–Crippen MR) is 93.8 cm³/mol. The van der Waals surface area contributed by atoms with Crippen molar-refractivity contribution in [3.63, 3.8) is 0 Å². The maximum Gasteiger partial charge on any atom is 0.326 e. The summed E-state index contributed by atoms with van der Waals surface area (Å²) in [6.45, 7) is 0. The van der Waals surface area contributed by atoms with E-state index in [0.717, 1.165) is 9.13 Å². The zero-order valence-electron chi connectivity index (χ0n) is 12.1. The third-order valence-corrected chi connectivity index (χ3v) is 4.41. The lowest BCUT2D eigenvalue weighted by Crippen LogP contribution is -2.44. The van der Waals surface area contributed by atoms with Crippen LogP contribution in [0, 0.1) is 3.57 Å². The van der Waals surface area contributed by atoms with Crippen molar-refractivity contribution in [3.8, 4) is 0 Å². The minimum Gasteiger partial charge on any atom is -0.480 e. The van der Waals surface area contributed by atoms with E-state index in [1.807, 2.05) is 24.3 Å². The Bertz CT molecular complexity index is 690. The highest BCUT2D eigenvalue weighted by Crippen LogP contribution is 2.15. The van der Waals surface area contributed by atoms with Crippen LogP contribution in [0.2, 0.25) is 0 Å². The third-order valence-electron chi connectivity index (χ3n) is 3.36. The number of aliphatic carboxylic acids is 1. The van der Waals surface area contributed by atoms with Crippen molar-refractivity contribution in [2.75, 3.05) is 0 Å². The van der Waals surface area contributed by atoms with Crippen LogP contribution >= 0.6 is 22.6 Å². The number of carbonyl (C=O) groups excluding carboxylic acids is 1. The maximum absolute atomic E-state index is 12.1. The van der Waals surface area contributed by atoms with E-state index >= 15 is 0 Å². The third kappa shape index (κ3) is 4.77. The number of carbonyl (C=O) groups is 2. The van der Waals surface area contributed by atoms with Crippen LogP contribution in [0.25, 0.3) is 0 Å². The second-order valence-corrected chi connectivity index (χ2v) is 6.17. The van der Waals surface area contributed by atoms with Gasteiger partial charge in [0.2, 0.25) is 0 Å². The molecule has 0 aliphatic heterocycles. The molecule has 0 fully saturated rings. The van der Waals surface area contributed by atoms with Crippen molar-refractivity contribution in [2.24, 2.45) is 0 Å². The number of nitrogens with one attached hydrogen (secondary N) is 1. The summed E-state index contributed by atoms with van der Waals surface area (Å²) in [6.07, 6.45) is -1.24. The van der Waals surface area contributed by atoms with Crippen molar-refractivity contribution in [1.82, 2.24) is 5.32 Å². The Balaban J connectivity index is 2.09. The summed E-state index contributed by atoms with van der Waals surface area (Å²) in [5.41, 5.74) is 1.25. The number of hydrogen-bond donors (Lipinski definition) is 3. The van der Waals surface area contributed by atoms with E-state index < -0.39 is 24.0 Å². The average Bonchev–Trinajstić information content (AvgIpc) is 2.56. The molecule has 2 atom stereocenters. The lowest BCUT2D eigenvalue weighted by molar-refractivity contribution is -0.143. The molecule has 3 N–H and O–H groups in total. The Labute approximate surface area is 147 Å². The van der Waals surface area contributed by atoms with Gasteiger partial charge in [0.05, 0.1) is 0 Å². The molecule has 2 aromatic rings. The molecule has 0 aromatic heterocycles. The number of rotatable bonds is 6. The van der Waals surface area contributed by atoms with Gasteiger partial charge in [-0.2, -0.15) is 0 Å². The first kappa shape index (κ1) is 17.4. The molecule has 0 heterocycles. The Morgan fingerprint density at radius 3 is 2.26 bits per heavy atom. The Hall–Kier alpha value is -1.93. The van der Waals surface area contributed by atoms with Gasteiger partial charge in [-0.25, -0.2) is 4.79 Å². The summed E-state index contributed by atoms with van der Waals surface area (Å²) in [6, 6.07) is 14.7. The van der Waals surface area contributed by atoms with Crippen molar-refractivity contribution < 1.29 is 19.8 Å². The van der Waals surface area contributed by atoms with E-state index in [1.54, 1.807) is 30.3 Å². The summed E-state index contributed by atoms with van der Waals surface area (Å²) in [4.78, 5) is 23.5. The van der Waals surface area contributed by atoms with Gasteiger partial charge in [0.15, 0.2) is 6.10 Å². The van der Waals surface area contributed by atoms with Crippen molar-refractivity contribution >= 4 is 34.5 Å². The molecule has 2 aromatic carbocycles. The van der Waals surface area contributed by atoms with Gasteiger partial charge in [-0.3, -0.25) is 4.79 Å². The summed E-state index contributed by atoms with van der Waals surface area (Å²) in [5, 5.41) is 21.8. The fraction of sp³-hybridized carbons (Fsp3) is 0.176. The minimum absolute atomic E-state index is 0.154. The highest BCUT2D eigenvalue weighted by molar-refractivity contribution is 14.1. The fourth-order valence-corrected chi connectivity index (χ4v) is 2.73. The molecule has 1 amide bonds. The molecule has 0 aliphatic carbocycles. The molecular formula is C17H16INO4. The fourth-order valence-electron chi connectivity index (χ4n) is 2.12. The SMILES string of the molecule is O=C(N[C@H](Cc1ccccc1I)C(=O)O)[C@@H](O)c1ccccc1. The number of amides is 1. The molecule has 6 heteroatoms. The van der Waals surface area contributed by atoms with E-state index in [-0.39, 0.29) is 6.42 Å². The van der Waals surface area contributed by atoms with Gasteiger partial charge in [-0.15, -0.1) is 0 Å². The zero-order valence-corrected chi connectivity index (χ0v) is 14.3. The van der Waals surface area contributed by atoms with E-state index in [9.17, 15) is 19.8 Å². The van der Waals surface area contributed by atoms with Crippen LogP contribution in [0.1, 0.15) is 17.2 Å². The summed E-state index contributed by atoms with van der Waals surface area (Å²) in [7, 11) is 0. The molecule has 0 spiro atoms. The predicted octanol–water partition coefficient (Wildman–Crippen LogP) is 2.14. The second kappa shape index (κ2) is 8.07. The van der Waals surface area contributed by atoms with Crippen molar-refractivity contribution in [3.05, 3.63) is 69.3 Å². The summed E-state index contributed by atoms with van der Waals surface area (Å²) < 4.78 is 0.925. The normalized spacial score (nSPS) is 13.1. The summed E-state index contributed by atoms with van der Waals surface area (Å²) >= 11 is 2.12. The molecular weight excluding hydrogens is 409 g/mol. The van der Waals surface area contributed by atoms with Crippen LogP contribution in [0.5, 0.6) is 0 Å². The topological polar surface area (TPSA) is 86.6 Å². The number of aliphatic hydroxyl groups excluding tert-OH is 1. The first-order valence-corrected chi connectivity index (χ1v) is 8.06. The molecule has 0 bridgehead atoms. The lowest BCUT2D eigenvalue weighted by Gasteiger charge is -2.18. The van der Waals surface area contributed by atoms with Crippen LogP contribution in [0.15, 0.2) is 54.6 Å². The molecule has 120 valence electrons. The quantitative estimate of drug-likeness (QED) is 0.620. The van der Waals surface area contributed by atoms with E-state index in [0.29, 0.717) is 5.56 Å². The van der Waals surface area contributed by atoms with Gasteiger partial charge < -0.3 is 15.5 Å². The van der Waals surface area contributed by atoms with Gasteiger partial charge in [-0.05, 0) is 39.8 Å². The number of carboxylic acids is 1. The van der Waals surface area contributed by atoms with E-state index in [2.05, 4.69) is 27.9 Å². The molecule has 5 nitrogen and oxygen atoms in total. The molecule has 23 heavy (non-hydrogen) atoms. The molecule has 2 rings (SSSR count). The Morgan fingerprint density at radius 1 is 1.04 bits per heavy atom. The molecule has 0 saturated carbocycles. The molecule has 0 unspecified atom stereocenters. The van der Waals surface area contributed by atoms with Crippen LogP contribution in [-0.2, 0) is 16.0 Å². The lowest BCUT2D eigenvalue weighted by atomic mass is 10.0. The highest BCUT2D eigenvalue weighted by atomic mass is 127. The number of aliphatic hydroxyl groups is 1. The van der Waals surface area contributed by atoms with E-state index in [4.69, 9.17) is 0 Å². The minimum atomic E-state index is -1.40. The largest absolute Gasteiger partial charge is 0.480 e. The van der Waals surface area contributed by atoms with Gasteiger partial charge in [0, 0.05) is 9.99 Å². The van der Waals surface area contributed by atoms with Gasteiger partial charge in [0.1, 0.15) is 6.04 Å². The first-order chi connectivity index (χ1) is 11.0. The van der Waals surface area contributed by atoms with Gasteiger partial charge in [-0.1, -0.05) is 48.5 Å². The Morgan fingerprint density at radius 2 is 1.65 bits per heavy atom. The Kier molecular flexibility index (Phi) is 6.12. The second-order valence-electron chi connectivity index (χ2n) is 5.01. The number of carboxylic acid groups (broad SMARTS) is 1. The smallest absolute Gasteiger partial charge is 0.326 e. The number of benzene rings is 2. The van der Waals surface area contributed by atoms with E-state index in [1.165, 1.54) is 0 Å². The van der Waals surface area contributed by atoms with Crippen molar-refractivity contribution in [1.29, 1.82) is 0 Å². The number of halogens is 1. The van der Waals surface area contributed by atoms with Crippen LogP contribution < -0.4 is 5.32 Å². The molecule has 0 aliphatic rings. The van der Waals surface area contributed by atoms with Gasteiger partial charge in [0.25, 0.3) is 5.91 Å². The van der Waals surface area contributed by atoms with Crippen LogP contribution in [-0.4, -0.2) is 28.1 Å². The van der Waals surface area contributed by atoms with Crippen LogP contribution in [0.4, 0.5) is 0 Å². The molecule has 0 radical (unpaired) electrons. The number of hydrogen-bond acceptors (Lipinski definition) is 3. The standard InChI is InChI=1S/C17H16INO4/c18-13-9-5-4-8-12(13)10-14(17(22)23)19-16(21)15(20)11-6-2-1-3-7-11/h1-9,14-15,20H,10H2,(H,19,21)(H,22,23)/t14-,15+/m1/s1. The highest BCUT2D eigenvalue weighted by Gasteiger charge is 2.25. The first-order valence-electron chi connectivity index (χ1n) is 6.98. The van der Waals surface area contributed by atoms with Crippen molar-refractivity contribution in [2.45, 2.75) is 18.6 Å². The summed E-state index contributed by atoms with van der Waals surface area (Å²) in [5.74, 6) is -1.87. The molecule has 0 saturated heterocycles. The van der Waals surface area contributed by atoms with Gasteiger partial charge >= 0.3 is 5.97 Å². The average molecular weight is 425 g/mol. The zero-order chi connectivity index (χ0) is 16.8.